The van der Waals surface area contributed by atoms with Gasteiger partial charge in [-0.25, -0.2) is 0 Å². The summed E-state index contributed by atoms with van der Waals surface area (Å²) >= 11 is 0. The van der Waals surface area contributed by atoms with E-state index in [1.165, 1.54) is 0 Å². The molecule has 0 aromatic carbocycles. The van der Waals surface area contributed by atoms with Gasteiger partial charge in [0.15, 0.2) is 5.69 Å². The number of rotatable bonds is 5. The molecule has 4 saturated heterocycles. The van der Waals surface area contributed by atoms with Gasteiger partial charge in [0.25, 0.3) is 16.1 Å². The molecule has 9 nitrogen and oxygen atoms in total. The number of carbonyl (C=O) groups is 1. The largest absolute Gasteiger partial charge is 0.360 e. The number of aromatic nitrogens is 1. The van der Waals surface area contributed by atoms with Crippen LogP contribution in [0.25, 0.3) is 0 Å². The molecule has 0 spiro atoms. The lowest BCUT2D eigenvalue weighted by atomic mass is 9.99. The number of hydrogen-bond acceptors (Lipinski definition) is 6. The molecule has 0 radical (unpaired) electrons. The predicted octanol–water partition coefficient (Wildman–Crippen LogP) is 0.958. The fourth-order valence-electron chi connectivity index (χ4n) is 5.92. The summed E-state index contributed by atoms with van der Waals surface area (Å²) < 4.78 is 35.7. The Morgan fingerprint density at radius 3 is 2.37 bits per heavy atom. The number of fused-ring (bicyclic) bond motifs is 4. The van der Waals surface area contributed by atoms with Crippen molar-refractivity contribution in [3.05, 3.63) is 17.5 Å². The minimum Gasteiger partial charge on any atom is -0.360 e. The molecule has 10 heteroatoms. The average molecular weight is 436 g/mol. The molecular formula is C20H29N5O4S. The first-order valence-corrected chi connectivity index (χ1v) is 12.7. The van der Waals surface area contributed by atoms with Crippen LogP contribution in [0.4, 0.5) is 0 Å². The van der Waals surface area contributed by atoms with E-state index in [0.29, 0.717) is 37.5 Å². The van der Waals surface area contributed by atoms with E-state index in [9.17, 15) is 13.2 Å². The van der Waals surface area contributed by atoms with Gasteiger partial charge in [0, 0.05) is 55.3 Å². The summed E-state index contributed by atoms with van der Waals surface area (Å²) in [5, 5.41) is 10.5. The lowest BCUT2D eigenvalue weighted by Gasteiger charge is -2.42. The number of carbonyl (C=O) groups excluding carboxylic acids is 1. The Kier molecular flexibility index (Phi) is 4.49. The predicted molar refractivity (Wildman–Crippen MR) is 108 cm³/mol. The third-order valence-corrected chi connectivity index (χ3v) is 9.60. The summed E-state index contributed by atoms with van der Waals surface area (Å²) in [6, 6.07) is 2.23. The second kappa shape index (κ2) is 7.01. The van der Waals surface area contributed by atoms with Gasteiger partial charge in [0.1, 0.15) is 5.76 Å². The fourth-order valence-corrected chi connectivity index (χ4v) is 8.06. The van der Waals surface area contributed by atoms with Crippen molar-refractivity contribution in [2.75, 3.05) is 13.1 Å². The highest BCUT2D eigenvalue weighted by Crippen LogP contribution is 2.41. The number of nitrogens with one attached hydrogen (secondary N) is 2. The van der Waals surface area contributed by atoms with E-state index in [1.807, 2.05) is 0 Å². The Labute approximate surface area is 176 Å². The minimum atomic E-state index is -3.46. The van der Waals surface area contributed by atoms with E-state index in [2.05, 4.69) is 15.8 Å². The van der Waals surface area contributed by atoms with Crippen LogP contribution in [-0.4, -0.2) is 71.4 Å². The maximum Gasteiger partial charge on any atom is 0.282 e. The standard InChI is InChI=1S/C20H29N5O4S/c26-20(18-9-19(29-23-18)12-1-2-12)22-15-7-16-5-6-17(8-15)25(16)30(27,28)24-10-13-3-4-14(11-24)21-13/h9,12-17,21H,1-8,10-11H2,(H,22,26)/t13?,14?,15-,16+,17-. The van der Waals surface area contributed by atoms with Crippen LogP contribution < -0.4 is 10.6 Å². The van der Waals surface area contributed by atoms with Crippen LogP contribution in [0.15, 0.2) is 10.6 Å². The van der Waals surface area contributed by atoms with Gasteiger partial charge >= 0.3 is 0 Å². The van der Waals surface area contributed by atoms with Crippen molar-refractivity contribution in [3.63, 3.8) is 0 Å². The second-order valence-corrected chi connectivity index (χ2v) is 11.5. The molecule has 2 N–H and O–H groups in total. The Morgan fingerprint density at radius 1 is 1.07 bits per heavy atom. The molecule has 1 saturated carbocycles. The Balaban J connectivity index is 1.12. The minimum absolute atomic E-state index is 0.0262. The smallest absolute Gasteiger partial charge is 0.282 e. The zero-order valence-electron chi connectivity index (χ0n) is 17.0. The molecular weight excluding hydrogens is 406 g/mol. The van der Waals surface area contributed by atoms with Gasteiger partial charge in [-0.1, -0.05) is 5.16 Å². The number of amides is 1. The van der Waals surface area contributed by atoms with Gasteiger partial charge in [0.05, 0.1) is 0 Å². The average Bonchev–Trinajstić information content (AvgIpc) is 3.25. The summed E-state index contributed by atoms with van der Waals surface area (Å²) in [6.07, 6.45) is 7.37. The molecule has 1 aliphatic carbocycles. The van der Waals surface area contributed by atoms with Crippen LogP contribution in [0.5, 0.6) is 0 Å². The van der Waals surface area contributed by atoms with Gasteiger partial charge in [0.2, 0.25) is 0 Å². The zero-order valence-corrected chi connectivity index (χ0v) is 17.8. The number of hydrogen-bond donors (Lipinski definition) is 2. The van der Waals surface area contributed by atoms with Crippen LogP contribution in [-0.2, 0) is 10.2 Å². The summed E-state index contributed by atoms with van der Waals surface area (Å²) in [5.41, 5.74) is 0.329. The van der Waals surface area contributed by atoms with Gasteiger partial charge < -0.3 is 15.2 Å². The topological polar surface area (TPSA) is 108 Å². The zero-order chi connectivity index (χ0) is 20.5. The highest BCUT2D eigenvalue weighted by molar-refractivity contribution is 7.86. The van der Waals surface area contributed by atoms with Crippen LogP contribution >= 0.6 is 0 Å². The van der Waals surface area contributed by atoms with Crippen LogP contribution in [0.1, 0.15) is 73.5 Å². The fraction of sp³-hybridized carbons (Fsp3) is 0.800. The summed E-state index contributed by atoms with van der Waals surface area (Å²) in [7, 11) is -3.46. The van der Waals surface area contributed by atoms with Gasteiger partial charge in [-0.2, -0.15) is 17.0 Å². The molecule has 1 aromatic heterocycles. The molecule has 4 aliphatic heterocycles. The monoisotopic (exact) mass is 435 g/mol. The van der Waals surface area contributed by atoms with Crippen molar-refractivity contribution in [2.45, 2.75) is 87.5 Å². The first-order valence-electron chi connectivity index (χ1n) is 11.3. The summed E-state index contributed by atoms with van der Waals surface area (Å²) in [4.78, 5) is 12.6. The normalized spacial score (nSPS) is 36.9. The third kappa shape index (κ3) is 3.28. The van der Waals surface area contributed by atoms with E-state index >= 15 is 0 Å². The first kappa shape index (κ1) is 19.2. The molecule has 5 aliphatic rings. The van der Waals surface area contributed by atoms with Crippen molar-refractivity contribution in [2.24, 2.45) is 0 Å². The van der Waals surface area contributed by atoms with E-state index in [-0.39, 0.29) is 36.1 Å². The molecule has 6 rings (SSSR count). The lowest BCUT2D eigenvalue weighted by molar-refractivity contribution is 0.0897. The lowest BCUT2D eigenvalue weighted by Crippen LogP contribution is -2.60. The SMILES string of the molecule is O=C(N[C@H]1C[C@H]2CC[C@@H](C1)N2S(=O)(=O)N1CC2CCC(C1)N2)c1cc(C2CC2)on1. The molecule has 1 amide bonds. The van der Waals surface area contributed by atoms with Crippen LogP contribution in [0, 0.1) is 0 Å². The van der Waals surface area contributed by atoms with Gasteiger partial charge in [-0.15, -0.1) is 0 Å². The molecule has 5 heterocycles. The molecule has 2 unspecified atom stereocenters. The van der Waals surface area contributed by atoms with Crippen molar-refractivity contribution in [3.8, 4) is 0 Å². The quantitative estimate of drug-likeness (QED) is 0.713. The highest BCUT2D eigenvalue weighted by atomic mass is 32.2. The summed E-state index contributed by atoms with van der Waals surface area (Å²) in [5.74, 6) is 1.000. The van der Waals surface area contributed by atoms with E-state index < -0.39 is 10.2 Å². The highest BCUT2D eigenvalue weighted by Gasteiger charge is 2.50. The van der Waals surface area contributed by atoms with Crippen molar-refractivity contribution >= 4 is 16.1 Å². The van der Waals surface area contributed by atoms with Crippen molar-refractivity contribution in [1.29, 1.82) is 0 Å². The van der Waals surface area contributed by atoms with Gasteiger partial charge in [-0.3, -0.25) is 4.79 Å². The molecule has 4 bridgehead atoms. The van der Waals surface area contributed by atoms with Crippen molar-refractivity contribution < 1.29 is 17.7 Å². The molecule has 5 fully saturated rings. The van der Waals surface area contributed by atoms with E-state index in [1.54, 1.807) is 14.7 Å². The number of piperazine rings is 1. The maximum absolute atomic E-state index is 13.5. The summed E-state index contributed by atoms with van der Waals surface area (Å²) in [6.45, 7) is 1.15. The molecule has 30 heavy (non-hydrogen) atoms. The van der Waals surface area contributed by atoms with E-state index in [4.69, 9.17) is 4.52 Å². The molecule has 1 aromatic rings. The van der Waals surface area contributed by atoms with Crippen molar-refractivity contribution in [1.82, 2.24) is 24.4 Å². The Hall–Kier alpha value is -1.49. The third-order valence-electron chi connectivity index (χ3n) is 7.52. The molecule has 5 atom stereocenters. The van der Waals surface area contributed by atoms with Gasteiger partial charge in [-0.05, 0) is 51.4 Å². The van der Waals surface area contributed by atoms with Crippen LogP contribution in [0.3, 0.4) is 0 Å². The van der Waals surface area contributed by atoms with E-state index in [0.717, 1.165) is 44.3 Å². The maximum atomic E-state index is 13.5. The first-order chi connectivity index (χ1) is 14.5. The Morgan fingerprint density at radius 2 is 1.73 bits per heavy atom. The Bertz CT molecular complexity index is 919. The second-order valence-electron chi connectivity index (χ2n) is 9.71. The number of piperidine rings is 1. The van der Waals surface area contributed by atoms with Crippen LogP contribution in [0.2, 0.25) is 0 Å². The number of nitrogens with zero attached hydrogens (tertiary/aromatic N) is 3. The molecule has 164 valence electrons.